The van der Waals surface area contributed by atoms with Crippen LogP contribution in [0.3, 0.4) is 0 Å². The van der Waals surface area contributed by atoms with Gasteiger partial charge in [0.05, 0.1) is 11.1 Å². The van der Waals surface area contributed by atoms with Gasteiger partial charge in [0.2, 0.25) is 0 Å². The van der Waals surface area contributed by atoms with Gasteiger partial charge in [-0.1, -0.05) is 11.6 Å². The van der Waals surface area contributed by atoms with Crippen molar-refractivity contribution in [3.63, 3.8) is 0 Å². The van der Waals surface area contributed by atoms with Crippen LogP contribution in [-0.2, 0) is 0 Å². The normalized spacial score (nSPS) is 11.3. The van der Waals surface area contributed by atoms with Crippen molar-refractivity contribution >= 4 is 34.5 Å². The van der Waals surface area contributed by atoms with Crippen LogP contribution in [0, 0.1) is 0 Å². The Kier molecular flexibility index (Phi) is 3.56. The second kappa shape index (κ2) is 5.54. The Labute approximate surface area is 129 Å². The van der Waals surface area contributed by atoms with E-state index in [1.165, 1.54) is 24.4 Å². The summed E-state index contributed by atoms with van der Waals surface area (Å²) in [7, 11) is 0. The molecule has 1 aromatic heterocycles. The van der Waals surface area contributed by atoms with Crippen molar-refractivity contribution in [2.75, 3.05) is 0 Å². The minimum atomic E-state index is -0.742. The summed E-state index contributed by atoms with van der Waals surface area (Å²) < 4.78 is 5.07. The molecule has 2 N–H and O–H groups in total. The average molecular weight is 316 g/mol. The van der Waals surface area contributed by atoms with Crippen LogP contribution < -0.4 is 5.63 Å². The molecule has 2 aromatic carbocycles. The molecule has 3 rings (SSSR count). The van der Waals surface area contributed by atoms with E-state index in [4.69, 9.17) is 16.0 Å². The number of fused-ring (bicyclic) bond motifs is 1. The first kappa shape index (κ1) is 14.2. The van der Waals surface area contributed by atoms with Crippen molar-refractivity contribution < 1.29 is 14.6 Å². The Balaban J connectivity index is 2.09. The number of aromatic hydroxyl groups is 2. The van der Waals surface area contributed by atoms with E-state index in [9.17, 15) is 15.0 Å². The summed E-state index contributed by atoms with van der Waals surface area (Å²) in [5, 5.41) is 20.5. The number of phenolic OH excluding ortho intramolecular Hbond substituents is 1. The lowest BCUT2D eigenvalue weighted by atomic mass is 10.1. The van der Waals surface area contributed by atoms with Crippen LogP contribution in [0.5, 0.6) is 11.5 Å². The van der Waals surface area contributed by atoms with E-state index in [1.54, 1.807) is 24.3 Å². The molecule has 0 spiro atoms. The van der Waals surface area contributed by atoms with Crippen LogP contribution in [0.2, 0.25) is 5.02 Å². The molecule has 0 aliphatic heterocycles. The summed E-state index contributed by atoms with van der Waals surface area (Å²) in [5.74, 6) is -0.304. The van der Waals surface area contributed by atoms with Gasteiger partial charge in [-0.3, -0.25) is 4.99 Å². The van der Waals surface area contributed by atoms with Gasteiger partial charge >= 0.3 is 5.63 Å². The number of nitrogens with zero attached hydrogens (tertiary/aromatic N) is 1. The predicted molar refractivity (Wildman–Crippen MR) is 84.5 cm³/mol. The quantitative estimate of drug-likeness (QED) is 0.559. The van der Waals surface area contributed by atoms with E-state index in [1.807, 2.05) is 0 Å². The molecule has 1 heterocycles. The van der Waals surface area contributed by atoms with Crippen molar-refractivity contribution in [3.05, 3.63) is 63.5 Å². The highest BCUT2D eigenvalue weighted by molar-refractivity contribution is 6.30. The van der Waals surface area contributed by atoms with Crippen LogP contribution in [0.4, 0.5) is 5.69 Å². The van der Waals surface area contributed by atoms with Crippen LogP contribution >= 0.6 is 11.6 Å². The first-order valence-corrected chi connectivity index (χ1v) is 6.71. The van der Waals surface area contributed by atoms with Crippen molar-refractivity contribution in [3.8, 4) is 11.5 Å². The molecule has 0 atom stereocenters. The third-order valence-electron chi connectivity index (χ3n) is 3.07. The zero-order valence-corrected chi connectivity index (χ0v) is 11.9. The fourth-order valence-corrected chi connectivity index (χ4v) is 2.09. The molecule has 0 aliphatic carbocycles. The molecule has 0 unspecified atom stereocenters. The lowest BCUT2D eigenvalue weighted by molar-refractivity contribution is 0.461. The Hall–Kier alpha value is -2.79. The van der Waals surface area contributed by atoms with Gasteiger partial charge in [-0.15, -0.1) is 0 Å². The van der Waals surface area contributed by atoms with Crippen LogP contribution in [-0.4, -0.2) is 16.4 Å². The zero-order valence-electron chi connectivity index (χ0n) is 11.2. The number of halogens is 1. The van der Waals surface area contributed by atoms with E-state index in [0.29, 0.717) is 16.1 Å². The lowest BCUT2D eigenvalue weighted by Crippen LogP contribution is -2.06. The molecule has 0 amide bonds. The fraction of sp³-hybridized carbons (Fsp3) is 0. The summed E-state index contributed by atoms with van der Waals surface area (Å²) >= 11 is 5.78. The van der Waals surface area contributed by atoms with Gasteiger partial charge in [0.1, 0.15) is 22.6 Å². The zero-order chi connectivity index (χ0) is 15.7. The fourth-order valence-electron chi connectivity index (χ4n) is 1.97. The lowest BCUT2D eigenvalue weighted by Gasteiger charge is -2.03. The molecule has 6 heteroatoms. The van der Waals surface area contributed by atoms with Crippen LogP contribution in [0.25, 0.3) is 11.0 Å². The standard InChI is InChI=1S/C16H10ClNO4/c17-9-1-3-10(4-2-9)18-8-13-15(20)12-6-5-11(19)7-14(12)22-16(13)21/h1-8,19-20H. The first-order valence-electron chi connectivity index (χ1n) is 6.33. The largest absolute Gasteiger partial charge is 0.508 e. The van der Waals surface area contributed by atoms with Crippen molar-refractivity contribution in [1.82, 2.24) is 0 Å². The molecule has 0 aliphatic rings. The second-order valence-corrected chi connectivity index (χ2v) is 5.00. The molecule has 0 saturated carbocycles. The summed E-state index contributed by atoms with van der Waals surface area (Å²) in [6, 6.07) is 10.8. The van der Waals surface area contributed by atoms with E-state index in [0.717, 1.165) is 0 Å². The molecule has 110 valence electrons. The highest BCUT2D eigenvalue weighted by Gasteiger charge is 2.12. The summed E-state index contributed by atoms with van der Waals surface area (Å²) in [5.41, 5.74) is -0.124. The number of hydrogen-bond donors (Lipinski definition) is 2. The van der Waals surface area contributed by atoms with Gasteiger partial charge in [0.15, 0.2) is 0 Å². The molecular formula is C16H10ClNO4. The molecule has 0 radical (unpaired) electrons. The average Bonchev–Trinajstić information content (AvgIpc) is 2.48. The van der Waals surface area contributed by atoms with Gasteiger partial charge < -0.3 is 14.6 Å². The topological polar surface area (TPSA) is 83.0 Å². The van der Waals surface area contributed by atoms with Gasteiger partial charge in [-0.25, -0.2) is 4.79 Å². The van der Waals surface area contributed by atoms with Gasteiger partial charge in [-0.05, 0) is 36.4 Å². The third-order valence-corrected chi connectivity index (χ3v) is 3.32. The van der Waals surface area contributed by atoms with Crippen molar-refractivity contribution in [1.29, 1.82) is 0 Å². The summed E-state index contributed by atoms with van der Waals surface area (Å²) in [4.78, 5) is 16.0. The molecule has 22 heavy (non-hydrogen) atoms. The molecule has 0 fully saturated rings. The first-order chi connectivity index (χ1) is 10.5. The predicted octanol–water partition coefficient (Wildman–Crippen LogP) is 3.61. The summed E-state index contributed by atoms with van der Waals surface area (Å²) in [6.07, 6.45) is 1.23. The van der Waals surface area contributed by atoms with Crippen LogP contribution in [0.1, 0.15) is 5.56 Å². The van der Waals surface area contributed by atoms with Crippen molar-refractivity contribution in [2.45, 2.75) is 0 Å². The van der Waals surface area contributed by atoms with Gasteiger partial charge in [0, 0.05) is 17.3 Å². The van der Waals surface area contributed by atoms with E-state index in [-0.39, 0.29) is 22.6 Å². The number of benzene rings is 2. The third kappa shape index (κ3) is 2.66. The number of phenols is 1. The van der Waals surface area contributed by atoms with Gasteiger partial charge in [0.25, 0.3) is 0 Å². The number of aliphatic imine (C=N–C) groups is 1. The smallest absolute Gasteiger partial charge is 0.348 e. The monoisotopic (exact) mass is 315 g/mol. The SMILES string of the molecule is O=c1oc2cc(O)ccc2c(O)c1C=Nc1ccc(Cl)cc1. The van der Waals surface area contributed by atoms with E-state index < -0.39 is 5.63 Å². The molecule has 0 saturated heterocycles. The molecular weight excluding hydrogens is 306 g/mol. The van der Waals surface area contributed by atoms with E-state index in [2.05, 4.69) is 4.99 Å². The maximum absolute atomic E-state index is 11.9. The Morgan fingerprint density at radius 3 is 2.55 bits per heavy atom. The highest BCUT2D eigenvalue weighted by atomic mass is 35.5. The Bertz CT molecular complexity index is 929. The molecule has 3 aromatic rings. The Morgan fingerprint density at radius 1 is 1.09 bits per heavy atom. The minimum Gasteiger partial charge on any atom is -0.508 e. The second-order valence-electron chi connectivity index (χ2n) is 4.57. The molecule has 0 bridgehead atoms. The molecule has 5 nitrogen and oxygen atoms in total. The minimum absolute atomic E-state index is 0.0577. The highest BCUT2D eigenvalue weighted by Crippen LogP contribution is 2.28. The Morgan fingerprint density at radius 2 is 1.82 bits per heavy atom. The van der Waals surface area contributed by atoms with Crippen molar-refractivity contribution in [2.24, 2.45) is 4.99 Å². The summed E-state index contributed by atoms with van der Waals surface area (Å²) in [6.45, 7) is 0. The van der Waals surface area contributed by atoms with Crippen LogP contribution in [0.15, 0.2) is 56.7 Å². The number of hydrogen-bond acceptors (Lipinski definition) is 5. The number of rotatable bonds is 2. The maximum atomic E-state index is 11.9. The maximum Gasteiger partial charge on any atom is 0.348 e. The van der Waals surface area contributed by atoms with E-state index >= 15 is 0 Å². The van der Waals surface area contributed by atoms with Gasteiger partial charge in [-0.2, -0.15) is 0 Å².